The lowest BCUT2D eigenvalue weighted by Gasteiger charge is -2.27. The lowest BCUT2D eigenvalue weighted by molar-refractivity contribution is -0.189. The Bertz CT molecular complexity index is 695. The van der Waals surface area contributed by atoms with Gasteiger partial charge in [0.15, 0.2) is 0 Å². The van der Waals surface area contributed by atoms with Gasteiger partial charge in [-0.15, -0.1) is 0 Å². The monoisotopic (exact) mass is 414 g/mol. The van der Waals surface area contributed by atoms with Crippen molar-refractivity contribution in [2.45, 2.75) is 24.4 Å². The third kappa shape index (κ3) is 4.59. The van der Waals surface area contributed by atoms with Gasteiger partial charge < -0.3 is 4.74 Å². The highest BCUT2D eigenvalue weighted by atomic mass is 35.5. The molecular formula is C15H15Cl2F3N2O4. The van der Waals surface area contributed by atoms with Crippen molar-refractivity contribution in [1.82, 2.24) is 0 Å². The van der Waals surface area contributed by atoms with E-state index in [0.29, 0.717) is 6.42 Å². The molecule has 1 atom stereocenters. The van der Waals surface area contributed by atoms with E-state index in [9.17, 15) is 22.8 Å². The predicted octanol–water partition coefficient (Wildman–Crippen LogP) is 4.39. The van der Waals surface area contributed by atoms with E-state index in [0.717, 1.165) is 36.3 Å². The topological polar surface area (TPSA) is 68.2 Å². The fraction of sp³-hybridized carbons (Fsp3) is 0.400. The Morgan fingerprint density at radius 2 is 1.77 bits per heavy atom. The van der Waals surface area contributed by atoms with Gasteiger partial charge in [-0.05, 0) is 17.7 Å². The van der Waals surface area contributed by atoms with Crippen molar-refractivity contribution in [3.05, 3.63) is 29.8 Å². The van der Waals surface area contributed by atoms with Crippen LogP contribution in [0.25, 0.3) is 0 Å². The number of oxime groups is 1. The smallest absolute Gasteiger partial charge is 0.440 e. The van der Waals surface area contributed by atoms with E-state index in [-0.39, 0.29) is 10.9 Å². The second-order valence-corrected chi connectivity index (χ2v) is 5.94. The van der Waals surface area contributed by atoms with Gasteiger partial charge in [-0.2, -0.15) is 13.2 Å². The van der Waals surface area contributed by atoms with Crippen molar-refractivity contribution in [3.8, 4) is 0 Å². The van der Waals surface area contributed by atoms with Crippen LogP contribution in [0.2, 0.25) is 0 Å². The van der Waals surface area contributed by atoms with Gasteiger partial charge in [0.2, 0.25) is 0 Å². The number of hydrogen-bond donors (Lipinski definition) is 0. The maximum Gasteiger partial charge on any atom is 0.440 e. The van der Waals surface area contributed by atoms with E-state index in [1.165, 1.54) is 7.05 Å². The SMILES string of the molecule is CCC(Cl)=NOC(=O)N(C)c1ccc(C(Cl)(C(=O)OC)C(F)(F)F)cc1. The van der Waals surface area contributed by atoms with Crippen molar-refractivity contribution in [3.63, 3.8) is 0 Å². The molecule has 1 unspecified atom stereocenters. The summed E-state index contributed by atoms with van der Waals surface area (Å²) in [6.07, 6.45) is -5.65. The summed E-state index contributed by atoms with van der Waals surface area (Å²) in [4.78, 5) is 25.6. The molecule has 0 saturated carbocycles. The molecule has 0 heterocycles. The number of ether oxygens (including phenoxy) is 1. The van der Waals surface area contributed by atoms with Crippen LogP contribution in [0, 0.1) is 0 Å². The van der Waals surface area contributed by atoms with Crippen molar-refractivity contribution < 1.29 is 32.3 Å². The standard InChI is InChI=1S/C15H15Cl2F3N2O4/c1-4-11(16)21-26-13(24)22(2)10-7-5-9(6-8-10)14(17,12(23)25-3)15(18,19)20/h5-8H,4H2,1-3H3. The summed E-state index contributed by atoms with van der Waals surface area (Å²) in [5, 5.41) is 3.44. The minimum absolute atomic E-state index is 0.0669. The first kappa shape index (κ1) is 22.0. The second kappa shape index (κ2) is 8.59. The second-order valence-electron chi connectivity index (χ2n) is 4.93. The molecule has 0 fully saturated rings. The molecule has 0 spiro atoms. The van der Waals surface area contributed by atoms with E-state index >= 15 is 0 Å². The van der Waals surface area contributed by atoms with Crippen molar-refractivity contribution in [2.75, 3.05) is 19.1 Å². The molecule has 1 aromatic rings. The van der Waals surface area contributed by atoms with Gasteiger partial charge in [0.25, 0.3) is 4.87 Å². The molecule has 11 heteroatoms. The highest BCUT2D eigenvalue weighted by molar-refractivity contribution is 6.65. The molecule has 0 radical (unpaired) electrons. The fourth-order valence-electron chi connectivity index (χ4n) is 1.77. The number of amides is 1. The third-order valence-corrected chi connectivity index (χ3v) is 4.22. The largest absolute Gasteiger partial charge is 0.467 e. The van der Waals surface area contributed by atoms with Gasteiger partial charge in [-0.3, -0.25) is 9.74 Å². The Morgan fingerprint density at radius 1 is 1.23 bits per heavy atom. The lowest BCUT2D eigenvalue weighted by atomic mass is 9.97. The molecule has 0 aromatic heterocycles. The fourth-order valence-corrected chi connectivity index (χ4v) is 2.01. The molecule has 1 amide bonds. The van der Waals surface area contributed by atoms with Crippen LogP contribution in [0.1, 0.15) is 18.9 Å². The number of halogens is 5. The molecule has 6 nitrogen and oxygen atoms in total. The number of carbonyl (C=O) groups excluding carboxylic acids is 2. The average molecular weight is 415 g/mol. The quantitative estimate of drug-likeness (QED) is 0.235. The number of esters is 1. The van der Waals surface area contributed by atoms with Crippen LogP contribution in [0.4, 0.5) is 23.7 Å². The molecule has 1 aromatic carbocycles. The number of anilines is 1. The number of carbonyl (C=O) groups is 2. The molecule has 0 N–H and O–H groups in total. The van der Waals surface area contributed by atoms with E-state index in [1.807, 2.05) is 0 Å². The van der Waals surface area contributed by atoms with E-state index < -0.39 is 28.7 Å². The van der Waals surface area contributed by atoms with E-state index in [2.05, 4.69) is 14.7 Å². The van der Waals surface area contributed by atoms with Gasteiger partial charge in [0.1, 0.15) is 5.17 Å². The Morgan fingerprint density at radius 3 is 2.19 bits per heavy atom. The number of benzene rings is 1. The van der Waals surface area contributed by atoms with Crippen LogP contribution < -0.4 is 4.90 Å². The van der Waals surface area contributed by atoms with Crippen LogP contribution in [0.15, 0.2) is 29.4 Å². The van der Waals surface area contributed by atoms with Gasteiger partial charge in [0, 0.05) is 19.2 Å². The Balaban J connectivity index is 3.10. The van der Waals surface area contributed by atoms with Gasteiger partial charge in [0.05, 0.1) is 7.11 Å². The maximum atomic E-state index is 13.3. The normalized spacial score (nSPS) is 14.4. The van der Waals surface area contributed by atoms with Crippen LogP contribution >= 0.6 is 23.2 Å². The lowest BCUT2D eigenvalue weighted by Crippen LogP contribution is -2.45. The van der Waals surface area contributed by atoms with Crippen LogP contribution in [0.5, 0.6) is 0 Å². The molecule has 0 aliphatic rings. The van der Waals surface area contributed by atoms with Crippen molar-refractivity contribution >= 4 is 46.1 Å². The van der Waals surface area contributed by atoms with Gasteiger partial charge in [-0.25, -0.2) is 9.59 Å². The predicted molar refractivity (Wildman–Crippen MR) is 90.5 cm³/mol. The summed E-state index contributed by atoms with van der Waals surface area (Å²) in [5.41, 5.74) is -0.385. The summed E-state index contributed by atoms with van der Waals surface area (Å²) in [5.74, 6) is -1.67. The Hall–Kier alpha value is -2.00. The van der Waals surface area contributed by atoms with Crippen molar-refractivity contribution in [2.24, 2.45) is 5.16 Å². The number of methoxy groups -OCH3 is 1. The summed E-state index contributed by atoms with van der Waals surface area (Å²) >= 11 is 11.2. The zero-order valence-corrected chi connectivity index (χ0v) is 15.4. The molecule has 26 heavy (non-hydrogen) atoms. The van der Waals surface area contributed by atoms with Gasteiger partial charge >= 0.3 is 18.2 Å². The number of hydrogen-bond acceptors (Lipinski definition) is 5. The summed E-state index contributed by atoms with van der Waals surface area (Å²) < 4.78 is 44.0. The number of alkyl halides is 4. The Labute approximate surface area is 157 Å². The average Bonchev–Trinajstić information content (AvgIpc) is 2.62. The minimum Gasteiger partial charge on any atom is -0.467 e. The van der Waals surface area contributed by atoms with E-state index in [1.54, 1.807) is 6.92 Å². The molecule has 144 valence electrons. The van der Waals surface area contributed by atoms with Crippen LogP contribution in [-0.2, 0) is 19.2 Å². The van der Waals surface area contributed by atoms with Crippen LogP contribution in [-0.4, -0.2) is 37.6 Å². The van der Waals surface area contributed by atoms with E-state index in [4.69, 9.17) is 23.2 Å². The first-order chi connectivity index (χ1) is 12.0. The first-order valence-electron chi connectivity index (χ1n) is 7.10. The summed E-state index contributed by atoms with van der Waals surface area (Å²) in [7, 11) is 2.11. The highest BCUT2D eigenvalue weighted by Gasteiger charge is 2.61. The summed E-state index contributed by atoms with van der Waals surface area (Å²) in [6.45, 7) is 1.70. The molecule has 0 aliphatic heterocycles. The molecule has 1 rings (SSSR count). The molecule has 0 saturated heterocycles. The Kier molecular flexibility index (Phi) is 7.28. The van der Waals surface area contributed by atoms with Gasteiger partial charge in [-0.1, -0.05) is 47.4 Å². The molecule has 0 bridgehead atoms. The third-order valence-electron chi connectivity index (χ3n) is 3.30. The molecular weight excluding hydrogens is 400 g/mol. The zero-order chi connectivity index (χ0) is 20.1. The highest BCUT2D eigenvalue weighted by Crippen LogP contribution is 2.46. The number of nitrogens with zero attached hydrogens (tertiary/aromatic N) is 2. The first-order valence-corrected chi connectivity index (χ1v) is 7.86. The minimum atomic E-state index is -5.10. The zero-order valence-electron chi connectivity index (χ0n) is 13.9. The summed E-state index contributed by atoms with van der Waals surface area (Å²) in [6, 6.07) is 4.23. The van der Waals surface area contributed by atoms with Crippen molar-refractivity contribution in [1.29, 1.82) is 0 Å². The number of rotatable bonds is 5. The molecule has 0 aliphatic carbocycles. The maximum absolute atomic E-state index is 13.3. The van der Waals surface area contributed by atoms with Crippen LogP contribution in [0.3, 0.4) is 0 Å².